The molecule has 0 spiro atoms. The molecule has 0 heterocycles. The van der Waals surface area contributed by atoms with Crippen LogP contribution in [-0.2, 0) is 0 Å². The third kappa shape index (κ3) is 4.32. The van der Waals surface area contributed by atoms with E-state index in [1.165, 1.54) is 0 Å². The van der Waals surface area contributed by atoms with Gasteiger partial charge in [0, 0.05) is 32.0 Å². The summed E-state index contributed by atoms with van der Waals surface area (Å²) < 4.78 is 1.98. The van der Waals surface area contributed by atoms with Gasteiger partial charge < -0.3 is 5.32 Å². The number of ketones is 1. The van der Waals surface area contributed by atoms with Crippen LogP contribution in [0.2, 0.25) is 0 Å². The van der Waals surface area contributed by atoms with E-state index >= 15 is 0 Å². The Morgan fingerprint density at radius 3 is 2.00 bits per heavy atom. The second kappa shape index (κ2) is 6.86. The van der Waals surface area contributed by atoms with Gasteiger partial charge in [-0.3, -0.25) is 4.79 Å². The largest absolute Gasteiger partial charge is 0.359 e. The lowest BCUT2D eigenvalue weighted by Gasteiger charge is -2.06. The van der Waals surface area contributed by atoms with E-state index in [0.29, 0.717) is 5.56 Å². The van der Waals surface area contributed by atoms with Crippen LogP contribution in [0.15, 0.2) is 69.2 Å². The normalized spacial score (nSPS) is 11.2. The van der Waals surface area contributed by atoms with Crippen LogP contribution in [0.4, 0.5) is 5.69 Å². The number of halogens is 2. The molecule has 0 aromatic heterocycles. The van der Waals surface area contributed by atoms with E-state index in [1.54, 1.807) is 18.2 Å². The summed E-state index contributed by atoms with van der Waals surface area (Å²) in [4.78, 5) is 12.1. The highest BCUT2D eigenvalue weighted by Crippen LogP contribution is 2.16. The highest BCUT2D eigenvalue weighted by Gasteiger charge is 2.03. The van der Waals surface area contributed by atoms with Gasteiger partial charge in [0.2, 0.25) is 0 Å². The molecule has 0 saturated heterocycles. The Hall–Kier alpha value is -1.39. The lowest BCUT2D eigenvalue weighted by atomic mass is 10.1. The fourth-order valence-electron chi connectivity index (χ4n) is 1.69. The zero-order valence-corrected chi connectivity index (χ0v) is 14.0. The molecule has 0 aliphatic heterocycles. The molecule has 2 aromatic rings. The first-order valence-electron chi connectivity index (χ1n) is 6.05. The van der Waals surface area contributed by atoms with Crippen molar-refractivity contribution in [2.24, 2.45) is 0 Å². The molecule has 0 radical (unpaired) electrons. The predicted octanol–water partition coefficient (Wildman–Crippen LogP) is 5.41. The van der Waals surface area contributed by atoms with Crippen molar-refractivity contribution >= 4 is 43.3 Å². The summed E-state index contributed by atoms with van der Waals surface area (Å²) in [6.45, 7) is 1.87. The Balaban J connectivity index is 2.07. The lowest BCUT2D eigenvalue weighted by Crippen LogP contribution is -2.01. The van der Waals surface area contributed by atoms with Crippen LogP contribution < -0.4 is 5.32 Å². The smallest absolute Gasteiger partial charge is 0.187 e. The van der Waals surface area contributed by atoms with Gasteiger partial charge in [0.1, 0.15) is 0 Å². The molecule has 0 aliphatic carbocycles. The van der Waals surface area contributed by atoms with Crippen molar-refractivity contribution in [2.75, 3.05) is 5.32 Å². The summed E-state index contributed by atoms with van der Waals surface area (Å²) in [5.74, 6) is -0.0142. The maximum atomic E-state index is 12.1. The molecular formula is C16H13Br2NO. The minimum Gasteiger partial charge on any atom is -0.359 e. The van der Waals surface area contributed by atoms with E-state index in [-0.39, 0.29) is 5.78 Å². The van der Waals surface area contributed by atoms with E-state index in [2.05, 4.69) is 37.2 Å². The summed E-state index contributed by atoms with van der Waals surface area (Å²) in [7, 11) is 0. The fraction of sp³-hybridized carbons (Fsp3) is 0.0625. The maximum absolute atomic E-state index is 12.1. The van der Waals surface area contributed by atoms with E-state index in [4.69, 9.17) is 0 Å². The zero-order chi connectivity index (χ0) is 14.5. The minimum absolute atomic E-state index is 0.0142. The summed E-state index contributed by atoms with van der Waals surface area (Å²) in [5.41, 5.74) is 2.43. The average Bonchev–Trinajstić information content (AvgIpc) is 2.42. The third-order valence-corrected chi connectivity index (χ3v) is 3.72. The number of carbonyl (C=O) groups is 1. The topological polar surface area (TPSA) is 29.1 Å². The Morgan fingerprint density at radius 2 is 1.45 bits per heavy atom. The molecule has 0 bridgehead atoms. The first-order valence-corrected chi connectivity index (χ1v) is 7.64. The molecule has 0 unspecified atom stereocenters. The molecular weight excluding hydrogens is 382 g/mol. The first-order chi connectivity index (χ1) is 9.54. The van der Waals surface area contributed by atoms with E-state index in [9.17, 15) is 4.79 Å². The fourth-order valence-corrected chi connectivity index (χ4v) is 2.22. The van der Waals surface area contributed by atoms with Gasteiger partial charge in [-0.2, -0.15) is 0 Å². The molecule has 0 amide bonds. The second-order valence-electron chi connectivity index (χ2n) is 4.33. The van der Waals surface area contributed by atoms with Crippen molar-refractivity contribution in [1.82, 2.24) is 0 Å². The molecule has 0 fully saturated rings. The van der Waals surface area contributed by atoms with Crippen molar-refractivity contribution in [2.45, 2.75) is 6.92 Å². The van der Waals surface area contributed by atoms with Crippen molar-refractivity contribution in [1.29, 1.82) is 0 Å². The number of carbonyl (C=O) groups excluding carboxylic acids is 1. The predicted molar refractivity (Wildman–Crippen MR) is 90.0 cm³/mol. The van der Waals surface area contributed by atoms with E-state index < -0.39 is 0 Å². The third-order valence-electron chi connectivity index (χ3n) is 2.66. The van der Waals surface area contributed by atoms with Gasteiger partial charge in [-0.05, 0) is 55.5 Å². The molecule has 4 heteroatoms. The Morgan fingerprint density at radius 1 is 0.950 bits per heavy atom. The summed E-state index contributed by atoms with van der Waals surface area (Å²) >= 11 is 6.74. The minimum atomic E-state index is -0.0142. The van der Waals surface area contributed by atoms with Crippen LogP contribution in [-0.4, -0.2) is 5.78 Å². The summed E-state index contributed by atoms with van der Waals surface area (Å²) in [5, 5.41) is 3.19. The Bertz CT molecular complexity index is 631. The number of hydrogen-bond donors (Lipinski definition) is 1. The van der Waals surface area contributed by atoms with E-state index in [0.717, 1.165) is 20.3 Å². The van der Waals surface area contributed by atoms with Gasteiger partial charge in [-0.1, -0.05) is 31.9 Å². The van der Waals surface area contributed by atoms with Crippen LogP contribution in [0.5, 0.6) is 0 Å². The van der Waals surface area contributed by atoms with Crippen molar-refractivity contribution in [3.8, 4) is 0 Å². The quantitative estimate of drug-likeness (QED) is 0.554. The molecule has 1 N–H and O–H groups in total. The number of allylic oxidation sites excluding steroid dienone is 2. The molecule has 2 aromatic carbocycles. The molecule has 20 heavy (non-hydrogen) atoms. The molecule has 0 atom stereocenters. The highest BCUT2D eigenvalue weighted by atomic mass is 79.9. The van der Waals surface area contributed by atoms with Gasteiger partial charge in [-0.15, -0.1) is 0 Å². The second-order valence-corrected chi connectivity index (χ2v) is 6.16. The van der Waals surface area contributed by atoms with Crippen LogP contribution in [0.25, 0.3) is 0 Å². The van der Waals surface area contributed by atoms with Crippen LogP contribution in [0.1, 0.15) is 17.3 Å². The van der Waals surface area contributed by atoms with Crippen LogP contribution in [0.3, 0.4) is 0 Å². The number of hydrogen-bond acceptors (Lipinski definition) is 2. The number of benzene rings is 2. The standard InChI is InChI=1S/C16H13Br2NO/c1-11(19-15-8-6-14(18)7-9-15)10-16(20)12-2-4-13(17)5-3-12/h2-10,19H,1H3/b11-10+. The van der Waals surface area contributed by atoms with Gasteiger partial charge in [0.25, 0.3) is 0 Å². The van der Waals surface area contributed by atoms with Crippen LogP contribution in [0, 0.1) is 0 Å². The van der Waals surface area contributed by atoms with E-state index in [1.807, 2.05) is 43.3 Å². The Labute approximate surface area is 135 Å². The molecule has 2 nitrogen and oxygen atoms in total. The molecule has 0 saturated carbocycles. The number of anilines is 1. The van der Waals surface area contributed by atoms with Gasteiger partial charge >= 0.3 is 0 Å². The zero-order valence-electron chi connectivity index (χ0n) is 10.9. The van der Waals surface area contributed by atoms with Gasteiger partial charge in [0.15, 0.2) is 5.78 Å². The lowest BCUT2D eigenvalue weighted by molar-refractivity contribution is 0.104. The molecule has 2 rings (SSSR count). The number of rotatable bonds is 4. The Kier molecular flexibility index (Phi) is 5.15. The van der Waals surface area contributed by atoms with Crippen molar-refractivity contribution in [3.05, 3.63) is 74.8 Å². The van der Waals surface area contributed by atoms with Crippen LogP contribution >= 0.6 is 31.9 Å². The van der Waals surface area contributed by atoms with Crippen molar-refractivity contribution < 1.29 is 4.79 Å². The highest BCUT2D eigenvalue weighted by molar-refractivity contribution is 9.10. The summed E-state index contributed by atoms with van der Waals surface area (Å²) in [6, 6.07) is 15.1. The summed E-state index contributed by atoms with van der Waals surface area (Å²) in [6.07, 6.45) is 1.60. The monoisotopic (exact) mass is 393 g/mol. The first kappa shape index (κ1) is 15.0. The average molecular weight is 395 g/mol. The molecule has 102 valence electrons. The van der Waals surface area contributed by atoms with Gasteiger partial charge in [-0.25, -0.2) is 0 Å². The maximum Gasteiger partial charge on any atom is 0.187 e. The number of nitrogens with one attached hydrogen (secondary N) is 1. The molecule has 0 aliphatic rings. The van der Waals surface area contributed by atoms with Gasteiger partial charge in [0.05, 0.1) is 0 Å². The SMILES string of the molecule is C/C(=C\C(=O)c1ccc(Br)cc1)Nc1ccc(Br)cc1. The van der Waals surface area contributed by atoms with Crippen molar-refractivity contribution in [3.63, 3.8) is 0 Å².